The number of aliphatic imine (C=N–C) groups is 1. The predicted molar refractivity (Wildman–Crippen MR) is 83.7 cm³/mol. The maximum Gasteiger partial charge on any atom is 0.185 e. The smallest absolute Gasteiger partial charge is 0.185 e. The van der Waals surface area contributed by atoms with Crippen LogP contribution in [-0.2, 0) is 0 Å². The van der Waals surface area contributed by atoms with Gasteiger partial charge in [0.25, 0.3) is 0 Å². The fourth-order valence-corrected chi connectivity index (χ4v) is 1.55. The fourth-order valence-electron chi connectivity index (χ4n) is 1.55. The highest BCUT2D eigenvalue weighted by molar-refractivity contribution is 14.0. The van der Waals surface area contributed by atoms with E-state index in [0.29, 0.717) is 6.54 Å². The van der Waals surface area contributed by atoms with Gasteiger partial charge in [-0.1, -0.05) is 29.8 Å². The van der Waals surface area contributed by atoms with Crippen LogP contribution in [0.25, 0.3) is 0 Å². The maximum atomic E-state index is 5.35. The van der Waals surface area contributed by atoms with Crippen molar-refractivity contribution in [2.24, 2.45) is 16.5 Å². The Morgan fingerprint density at radius 3 is 2.18 bits per heavy atom. The third-order valence-corrected chi connectivity index (χ3v) is 2.53. The summed E-state index contributed by atoms with van der Waals surface area (Å²) < 4.78 is 0. The molecule has 0 amide bonds. The summed E-state index contributed by atoms with van der Waals surface area (Å²) in [5, 5.41) is 0. The summed E-state index contributed by atoms with van der Waals surface area (Å²) in [6.07, 6.45) is 0. The Balaban J connectivity index is 0.00000256. The number of hydrogen-bond acceptors (Lipinski definition) is 2. The van der Waals surface area contributed by atoms with E-state index in [-0.39, 0.29) is 36.0 Å². The molecule has 0 fully saturated rings. The SMILES string of the molecule is Cc1ccc(C(CN=C(N)N)N(C)C)cc1.I. The molecule has 0 aromatic heterocycles. The molecule has 0 aliphatic rings. The fraction of sp³-hybridized carbons (Fsp3) is 0.417. The first-order valence-corrected chi connectivity index (χ1v) is 5.29. The molecule has 0 heterocycles. The van der Waals surface area contributed by atoms with Crippen molar-refractivity contribution in [1.82, 2.24) is 4.90 Å². The van der Waals surface area contributed by atoms with Crippen LogP contribution >= 0.6 is 24.0 Å². The number of guanidine groups is 1. The first kappa shape index (κ1) is 16.2. The van der Waals surface area contributed by atoms with Crippen LogP contribution in [0.1, 0.15) is 17.2 Å². The zero-order chi connectivity index (χ0) is 12.1. The van der Waals surface area contributed by atoms with Crippen LogP contribution in [0.4, 0.5) is 0 Å². The van der Waals surface area contributed by atoms with Crippen molar-refractivity contribution >= 4 is 29.9 Å². The summed E-state index contributed by atoms with van der Waals surface area (Å²) in [6, 6.07) is 8.63. The zero-order valence-electron chi connectivity index (χ0n) is 10.6. The molecule has 17 heavy (non-hydrogen) atoms. The first-order valence-electron chi connectivity index (χ1n) is 5.29. The van der Waals surface area contributed by atoms with E-state index < -0.39 is 0 Å². The van der Waals surface area contributed by atoms with E-state index in [4.69, 9.17) is 11.5 Å². The van der Waals surface area contributed by atoms with Crippen LogP contribution < -0.4 is 11.5 Å². The predicted octanol–water partition coefficient (Wildman–Crippen LogP) is 1.49. The highest BCUT2D eigenvalue weighted by Crippen LogP contribution is 2.18. The second-order valence-electron chi connectivity index (χ2n) is 4.16. The Labute approximate surface area is 120 Å². The van der Waals surface area contributed by atoms with Crippen molar-refractivity contribution in [3.63, 3.8) is 0 Å². The van der Waals surface area contributed by atoms with Crippen molar-refractivity contribution in [1.29, 1.82) is 0 Å². The van der Waals surface area contributed by atoms with Crippen LogP contribution in [0.3, 0.4) is 0 Å². The number of hydrogen-bond donors (Lipinski definition) is 2. The number of nitrogens with two attached hydrogens (primary N) is 2. The molecule has 4 nitrogen and oxygen atoms in total. The van der Waals surface area contributed by atoms with Gasteiger partial charge in [-0.3, -0.25) is 4.99 Å². The van der Waals surface area contributed by atoms with E-state index in [9.17, 15) is 0 Å². The molecule has 0 bridgehead atoms. The van der Waals surface area contributed by atoms with Crippen LogP contribution in [0.15, 0.2) is 29.3 Å². The quantitative estimate of drug-likeness (QED) is 0.492. The van der Waals surface area contributed by atoms with Gasteiger partial charge in [0, 0.05) is 0 Å². The highest BCUT2D eigenvalue weighted by Gasteiger charge is 2.12. The number of halogens is 1. The van der Waals surface area contributed by atoms with Gasteiger partial charge in [0.05, 0.1) is 12.6 Å². The Hall–Kier alpha value is -0.820. The van der Waals surface area contributed by atoms with E-state index in [2.05, 4.69) is 41.1 Å². The topological polar surface area (TPSA) is 67.6 Å². The summed E-state index contributed by atoms with van der Waals surface area (Å²) in [6.45, 7) is 2.66. The normalized spacial score (nSPS) is 11.8. The van der Waals surface area contributed by atoms with Crippen molar-refractivity contribution in [3.05, 3.63) is 35.4 Å². The molecule has 96 valence electrons. The lowest BCUT2D eigenvalue weighted by atomic mass is 10.0. The van der Waals surface area contributed by atoms with Crippen molar-refractivity contribution < 1.29 is 0 Å². The van der Waals surface area contributed by atoms with E-state index >= 15 is 0 Å². The molecule has 0 aliphatic heterocycles. The van der Waals surface area contributed by atoms with E-state index in [0.717, 1.165) is 0 Å². The molecule has 0 spiro atoms. The summed E-state index contributed by atoms with van der Waals surface area (Å²) in [4.78, 5) is 6.18. The Morgan fingerprint density at radius 2 is 1.76 bits per heavy atom. The van der Waals surface area contributed by atoms with Gasteiger partial charge in [-0.25, -0.2) is 0 Å². The minimum Gasteiger partial charge on any atom is -0.370 e. The molecule has 1 unspecified atom stereocenters. The number of likely N-dealkylation sites (N-methyl/N-ethyl adjacent to an activating group) is 1. The number of rotatable bonds is 4. The van der Waals surface area contributed by atoms with Gasteiger partial charge in [0.2, 0.25) is 0 Å². The molecule has 4 N–H and O–H groups in total. The molecule has 1 atom stereocenters. The van der Waals surface area contributed by atoms with Crippen molar-refractivity contribution in [3.8, 4) is 0 Å². The minimum absolute atomic E-state index is 0. The molecule has 0 saturated heterocycles. The largest absolute Gasteiger partial charge is 0.370 e. The first-order chi connectivity index (χ1) is 7.50. The number of nitrogens with zero attached hydrogens (tertiary/aromatic N) is 2. The minimum atomic E-state index is 0. The maximum absolute atomic E-state index is 5.35. The molecule has 5 heteroatoms. The average molecular weight is 348 g/mol. The second-order valence-corrected chi connectivity index (χ2v) is 4.16. The van der Waals surface area contributed by atoms with E-state index in [1.165, 1.54) is 11.1 Å². The molecule has 0 saturated carbocycles. The standard InChI is InChI=1S/C12H20N4.HI/c1-9-4-6-10(7-5-9)11(16(2)3)8-15-12(13)14;/h4-7,11H,8H2,1-3H3,(H4,13,14,15);1H. The monoisotopic (exact) mass is 348 g/mol. The molecule has 0 radical (unpaired) electrons. The molecule has 0 aliphatic carbocycles. The summed E-state index contributed by atoms with van der Waals surface area (Å²) in [7, 11) is 4.04. The second kappa shape index (κ2) is 7.50. The Bertz CT molecular complexity index is 355. The van der Waals surface area contributed by atoms with Gasteiger partial charge in [-0.05, 0) is 26.6 Å². The lowest BCUT2D eigenvalue weighted by Gasteiger charge is -2.23. The highest BCUT2D eigenvalue weighted by atomic mass is 127. The van der Waals surface area contributed by atoms with Crippen LogP contribution in [0, 0.1) is 6.92 Å². The number of aryl methyl sites for hydroxylation is 1. The molecule has 1 aromatic carbocycles. The molecular weight excluding hydrogens is 327 g/mol. The van der Waals surface area contributed by atoms with Crippen molar-refractivity contribution in [2.45, 2.75) is 13.0 Å². The van der Waals surface area contributed by atoms with Crippen molar-refractivity contribution in [2.75, 3.05) is 20.6 Å². The van der Waals surface area contributed by atoms with Gasteiger partial charge >= 0.3 is 0 Å². The molecule has 1 rings (SSSR count). The van der Waals surface area contributed by atoms with Crippen LogP contribution in [0.5, 0.6) is 0 Å². The average Bonchev–Trinajstić information content (AvgIpc) is 2.20. The molecule has 1 aromatic rings. The summed E-state index contributed by atoms with van der Waals surface area (Å²) in [5.74, 6) is 0.138. The van der Waals surface area contributed by atoms with Crippen LogP contribution in [0.2, 0.25) is 0 Å². The van der Waals surface area contributed by atoms with Gasteiger partial charge in [-0.2, -0.15) is 0 Å². The summed E-state index contributed by atoms with van der Waals surface area (Å²) >= 11 is 0. The third kappa shape index (κ3) is 5.36. The van der Waals surface area contributed by atoms with Gasteiger partial charge in [0.15, 0.2) is 5.96 Å². The lowest BCUT2D eigenvalue weighted by Crippen LogP contribution is -2.27. The van der Waals surface area contributed by atoms with E-state index in [1.807, 2.05) is 14.1 Å². The third-order valence-electron chi connectivity index (χ3n) is 2.53. The Morgan fingerprint density at radius 1 is 1.24 bits per heavy atom. The molecular formula is C12H21IN4. The van der Waals surface area contributed by atoms with Gasteiger partial charge in [0.1, 0.15) is 0 Å². The number of benzene rings is 1. The van der Waals surface area contributed by atoms with E-state index in [1.54, 1.807) is 0 Å². The Kier molecular flexibility index (Phi) is 7.13. The van der Waals surface area contributed by atoms with Gasteiger partial charge in [-0.15, -0.1) is 24.0 Å². The van der Waals surface area contributed by atoms with Crippen LogP contribution in [-0.4, -0.2) is 31.5 Å². The zero-order valence-corrected chi connectivity index (χ0v) is 12.9. The lowest BCUT2D eigenvalue weighted by molar-refractivity contribution is 0.306. The summed E-state index contributed by atoms with van der Waals surface area (Å²) in [5.41, 5.74) is 13.2. The van der Waals surface area contributed by atoms with Gasteiger partial charge < -0.3 is 16.4 Å².